The van der Waals surface area contributed by atoms with E-state index in [-0.39, 0.29) is 11.1 Å². The summed E-state index contributed by atoms with van der Waals surface area (Å²) < 4.78 is 66.3. The fourth-order valence-electron chi connectivity index (χ4n) is 2.17. The summed E-state index contributed by atoms with van der Waals surface area (Å²) in [6.45, 7) is 1.33. The minimum absolute atomic E-state index is 0.0925. The van der Waals surface area contributed by atoms with Crippen LogP contribution in [0.1, 0.15) is 21.5 Å². The van der Waals surface area contributed by atoms with Crippen molar-refractivity contribution in [3.63, 3.8) is 0 Å². The lowest BCUT2D eigenvalue weighted by Crippen LogP contribution is -2.11. The molecule has 0 amide bonds. The van der Waals surface area contributed by atoms with Gasteiger partial charge in [-0.15, -0.1) is 0 Å². The van der Waals surface area contributed by atoms with Crippen molar-refractivity contribution in [3.8, 4) is 11.1 Å². The van der Waals surface area contributed by atoms with E-state index in [0.29, 0.717) is 12.1 Å². The van der Waals surface area contributed by atoms with Crippen molar-refractivity contribution in [3.05, 3.63) is 58.7 Å². The lowest BCUT2D eigenvalue weighted by molar-refractivity contribution is -0.139. The molecule has 116 valence electrons. The molecule has 2 rings (SSSR count). The van der Waals surface area contributed by atoms with Gasteiger partial charge in [-0.05, 0) is 41.8 Å². The van der Waals surface area contributed by atoms with E-state index < -0.39 is 40.5 Å². The van der Waals surface area contributed by atoms with Gasteiger partial charge >= 0.3 is 12.1 Å². The SMILES string of the molecule is Cc1cc(C(=O)O)c(F)cc1-c1cccc(F)c1C(F)(F)F. The standard InChI is InChI=1S/C15H9F5O2/c1-7-5-10(14(21)22)12(17)6-9(7)8-3-2-4-11(16)13(8)15(18,19)20/h2-6H,1H3,(H,21,22). The zero-order valence-electron chi connectivity index (χ0n) is 11.1. The Morgan fingerprint density at radius 1 is 1.05 bits per heavy atom. The van der Waals surface area contributed by atoms with Crippen LogP contribution in [0.3, 0.4) is 0 Å². The van der Waals surface area contributed by atoms with Crippen LogP contribution in [0.4, 0.5) is 22.0 Å². The zero-order valence-corrected chi connectivity index (χ0v) is 11.1. The third-order valence-electron chi connectivity index (χ3n) is 3.13. The second kappa shape index (κ2) is 5.40. The molecule has 0 saturated carbocycles. The first-order valence-electron chi connectivity index (χ1n) is 6.02. The van der Waals surface area contributed by atoms with Gasteiger partial charge in [-0.2, -0.15) is 13.2 Å². The molecule has 0 aliphatic rings. The molecular formula is C15H9F5O2. The van der Waals surface area contributed by atoms with Crippen LogP contribution in [0, 0.1) is 18.6 Å². The Labute approximate surface area is 121 Å². The molecule has 7 heteroatoms. The Bertz CT molecular complexity index is 750. The maximum Gasteiger partial charge on any atom is 0.419 e. The number of carbonyl (C=O) groups is 1. The van der Waals surface area contributed by atoms with Crippen molar-refractivity contribution >= 4 is 5.97 Å². The topological polar surface area (TPSA) is 37.3 Å². The van der Waals surface area contributed by atoms with E-state index in [1.54, 1.807) is 0 Å². The molecule has 2 aromatic rings. The second-order valence-electron chi connectivity index (χ2n) is 4.61. The molecule has 0 bridgehead atoms. The maximum absolute atomic E-state index is 13.7. The summed E-state index contributed by atoms with van der Waals surface area (Å²) in [5.74, 6) is -4.21. The highest BCUT2D eigenvalue weighted by Crippen LogP contribution is 2.40. The fraction of sp³-hybridized carbons (Fsp3) is 0.133. The molecule has 0 aliphatic carbocycles. The summed E-state index contributed by atoms with van der Waals surface area (Å²) in [6, 6.07) is 4.32. The van der Waals surface area contributed by atoms with Gasteiger partial charge in [0.25, 0.3) is 0 Å². The lowest BCUT2D eigenvalue weighted by Gasteiger charge is -2.16. The summed E-state index contributed by atoms with van der Waals surface area (Å²) in [7, 11) is 0. The van der Waals surface area contributed by atoms with Crippen LogP contribution in [-0.2, 0) is 6.18 Å². The van der Waals surface area contributed by atoms with E-state index in [1.807, 2.05) is 0 Å². The Hall–Kier alpha value is -2.44. The average Bonchev–Trinajstić information content (AvgIpc) is 2.38. The van der Waals surface area contributed by atoms with E-state index in [9.17, 15) is 26.7 Å². The first kappa shape index (κ1) is 15.9. The van der Waals surface area contributed by atoms with E-state index in [0.717, 1.165) is 18.2 Å². The van der Waals surface area contributed by atoms with Crippen molar-refractivity contribution in [2.24, 2.45) is 0 Å². The maximum atomic E-state index is 13.7. The molecule has 0 unspecified atom stereocenters. The Balaban J connectivity index is 2.76. The largest absolute Gasteiger partial charge is 0.478 e. The number of halogens is 5. The monoisotopic (exact) mass is 316 g/mol. The van der Waals surface area contributed by atoms with Crippen LogP contribution in [0.15, 0.2) is 30.3 Å². The number of aryl methyl sites for hydroxylation is 1. The molecule has 2 aromatic carbocycles. The fourth-order valence-corrected chi connectivity index (χ4v) is 2.17. The molecule has 1 N–H and O–H groups in total. The Morgan fingerprint density at radius 2 is 1.68 bits per heavy atom. The molecule has 0 aliphatic heterocycles. The molecule has 0 heterocycles. The van der Waals surface area contributed by atoms with Crippen LogP contribution in [0.2, 0.25) is 0 Å². The van der Waals surface area contributed by atoms with Gasteiger partial charge < -0.3 is 5.11 Å². The number of hydrogen-bond donors (Lipinski definition) is 1. The quantitative estimate of drug-likeness (QED) is 0.818. The molecule has 0 saturated heterocycles. The lowest BCUT2D eigenvalue weighted by atomic mass is 9.93. The van der Waals surface area contributed by atoms with Gasteiger partial charge in [0.05, 0.1) is 11.1 Å². The van der Waals surface area contributed by atoms with Crippen LogP contribution < -0.4 is 0 Å². The number of hydrogen-bond acceptors (Lipinski definition) is 1. The second-order valence-corrected chi connectivity index (χ2v) is 4.61. The number of benzene rings is 2. The highest BCUT2D eigenvalue weighted by molar-refractivity contribution is 5.89. The van der Waals surface area contributed by atoms with Crippen molar-refractivity contribution in [1.29, 1.82) is 0 Å². The molecule has 0 radical (unpaired) electrons. The predicted octanol–water partition coefficient (Wildman–Crippen LogP) is 4.66. The summed E-state index contributed by atoms with van der Waals surface area (Å²) >= 11 is 0. The van der Waals surface area contributed by atoms with E-state index in [2.05, 4.69) is 0 Å². The highest BCUT2D eigenvalue weighted by atomic mass is 19.4. The average molecular weight is 316 g/mol. The van der Waals surface area contributed by atoms with Crippen LogP contribution >= 0.6 is 0 Å². The summed E-state index contributed by atoms with van der Waals surface area (Å²) in [5, 5.41) is 8.80. The van der Waals surface area contributed by atoms with Crippen LogP contribution in [0.5, 0.6) is 0 Å². The number of aromatic carboxylic acids is 1. The van der Waals surface area contributed by atoms with Gasteiger partial charge in [0, 0.05) is 0 Å². The molecule has 0 spiro atoms. The summed E-state index contributed by atoms with van der Waals surface area (Å²) in [6.07, 6.45) is -4.96. The number of carboxylic acid groups (broad SMARTS) is 1. The van der Waals surface area contributed by atoms with E-state index >= 15 is 0 Å². The molecule has 0 atom stereocenters. The number of rotatable bonds is 2. The van der Waals surface area contributed by atoms with Crippen LogP contribution in [0.25, 0.3) is 11.1 Å². The van der Waals surface area contributed by atoms with Gasteiger partial charge in [-0.1, -0.05) is 12.1 Å². The molecule has 22 heavy (non-hydrogen) atoms. The first-order chi connectivity index (χ1) is 10.1. The summed E-state index contributed by atoms with van der Waals surface area (Å²) in [5.41, 5.74) is -2.84. The zero-order chi connectivity index (χ0) is 16.7. The first-order valence-corrected chi connectivity index (χ1v) is 6.02. The highest BCUT2D eigenvalue weighted by Gasteiger charge is 2.37. The van der Waals surface area contributed by atoms with Gasteiger partial charge in [0.15, 0.2) is 0 Å². The number of carboxylic acids is 1. The van der Waals surface area contributed by atoms with Crippen molar-refractivity contribution in [2.75, 3.05) is 0 Å². The van der Waals surface area contributed by atoms with Crippen molar-refractivity contribution in [1.82, 2.24) is 0 Å². The van der Waals surface area contributed by atoms with Gasteiger partial charge in [0.1, 0.15) is 11.6 Å². The smallest absolute Gasteiger partial charge is 0.419 e. The Kier molecular flexibility index (Phi) is 3.91. The van der Waals surface area contributed by atoms with Gasteiger partial charge in [-0.3, -0.25) is 0 Å². The number of alkyl halides is 3. The van der Waals surface area contributed by atoms with Crippen LogP contribution in [-0.4, -0.2) is 11.1 Å². The molecule has 0 aromatic heterocycles. The Morgan fingerprint density at radius 3 is 2.23 bits per heavy atom. The minimum Gasteiger partial charge on any atom is -0.478 e. The van der Waals surface area contributed by atoms with Gasteiger partial charge in [0.2, 0.25) is 0 Å². The third-order valence-corrected chi connectivity index (χ3v) is 3.13. The summed E-state index contributed by atoms with van der Waals surface area (Å²) in [4.78, 5) is 10.8. The predicted molar refractivity (Wildman–Crippen MR) is 68.5 cm³/mol. The van der Waals surface area contributed by atoms with Crippen molar-refractivity contribution < 1.29 is 31.9 Å². The van der Waals surface area contributed by atoms with E-state index in [4.69, 9.17) is 5.11 Å². The van der Waals surface area contributed by atoms with Crippen molar-refractivity contribution in [2.45, 2.75) is 13.1 Å². The molecule has 2 nitrogen and oxygen atoms in total. The minimum atomic E-state index is -4.96. The normalized spacial score (nSPS) is 11.5. The molecular weight excluding hydrogens is 307 g/mol. The third kappa shape index (κ3) is 2.79. The van der Waals surface area contributed by atoms with Gasteiger partial charge in [-0.25, -0.2) is 13.6 Å². The van der Waals surface area contributed by atoms with E-state index in [1.165, 1.54) is 6.92 Å². The molecule has 0 fully saturated rings.